The number of piperidine rings is 1. The highest BCUT2D eigenvalue weighted by Crippen LogP contribution is 2.45. The monoisotopic (exact) mass is 560 g/mol. The number of carbonyl (C=O) groups excluding carboxylic acids is 3. The molecule has 1 amide bonds. The predicted octanol–water partition coefficient (Wildman–Crippen LogP) is 3.55. The van der Waals surface area contributed by atoms with Gasteiger partial charge in [0, 0.05) is 19.3 Å². The molecule has 2 aromatic rings. The van der Waals surface area contributed by atoms with Crippen molar-refractivity contribution >= 4 is 18.0 Å². The summed E-state index contributed by atoms with van der Waals surface area (Å²) in [6, 6.07) is 2.83. The lowest BCUT2D eigenvalue weighted by Crippen LogP contribution is -2.64. The minimum Gasteiger partial charge on any atom is -0.444 e. The molecule has 2 saturated heterocycles. The third kappa shape index (κ3) is 5.76. The van der Waals surface area contributed by atoms with E-state index in [1.807, 2.05) is 11.9 Å². The molecular weight excluding hydrogens is 529 g/mol. The fourth-order valence-corrected chi connectivity index (χ4v) is 5.25. The lowest BCUT2D eigenvalue weighted by Gasteiger charge is -2.56. The molecule has 1 spiro atoms. The Morgan fingerprint density at radius 2 is 1.85 bits per heavy atom. The Balaban J connectivity index is 1.66. The molecule has 0 N–H and O–H groups in total. The van der Waals surface area contributed by atoms with Gasteiger partial charge in [-0.05, 0) is 52.2 Å². The third-order valence-corrected chi connectivity index (χ3v) is 7.17. The molecule has 10 nitrogen and oxygen atoms in total. The summed E-state index contributed by atoms with van der Waals surface area (Å²) >= 11 is 0. The van der Waals surface area contributed by atoms with Crippen molar-refractivity contribution in [1.82, 2.24) is 29.5 Å². The number of aromatic nitrogens is 3. The van der Waals surface area contributed by atoms with E-state index in [9.17, 15) is 27.6 Å². The van der Waals surface area contributed by atoms with E-state index >= 15 is 0 Å². The number of alkyl halides is 2. The van der Waals surface area contributed by atoms with Gasteiger partial charge in [0.1, 0.15) is 28.9 Å². The van der Waals surface area contributed by atoms with Gasteiger partial charge in [-0.25, -0.2) is 37.2 Å². The zero-order valence-corrected chi connectivity index (χ0v) is 22.7. The molecule has 0 saturated carbocycles. The number of hydrogen-bond donors (Lipinski definition) is 0. The van der Waals surface area contributed by atoms with E-state index in [-0.39, 0.29) is 43.9 Å². The van der Waals surface area contributed by atoms with E-state index in [0.717, 1.165) is 6.20 Å². The highest BCUT2D eigenvalue weighted by molar-refractivity contribution is 5.69. The molecule has 2 aromatic heterocycles. The van der Waals surface area contributed by atoms with Crippen molar-refractivity contribution in [1.29, 1.82) is 0 Å². The summed E-state index contributed by atoms with van der Waals surface area (Å²) < 4.78 is 47.6. The lowest BCUT2D eigenvalue weighted by atomic mass is 9.79. The molecule has 0 aromatic carbocycles. The highest BCUT2D eigenvalue weighted by atomic mass is 19.3. The van der Waals surface area contributed by atoms with Crippen LogP contribution in [0.5, 0.6) is 0 Å². The second kappa shape index (κ2) is 11.2. The van der Waals surface area contributed by atoms with Gasteiger partial charge in [-0.15, -0.1) is 0 Å². The number of piperazine rings is 1. The van der Waals surface area contributed by atoms with Crippen LogP contribution < -0.4 is 0 Å². The minimum atomic E-state index is -2.79. The van der Waals surface area contributed by atoms with Gasteiger partial charge in [0.2, 0.25) is 0 Å². The van der Waals surface area contributed by atoms with Gasteiger partial charge in [0.25, 0.3) is 6.43 Å². The van der Waals surface area contributed by atoms with E-state index in [4.69, 9.17) is 4.74 Å². The van der Waals surface area contributed by atoms with Crippen LogP contribution >= 0.6 is 0 Å². The first kappa shape index (κ1) is 28.9. The molecule has 1 atom stereocenters. The minimum absolute atomic E-state index is 0.0199. The second-order valence-corrected chi connectivity index (χ2v) is 10.9. The number of amides is 1. The maximum absolute atomic E-state index is 13.8. The summed E-state index contributed by atoms with van der Waals surface area (Å²) in [5, 5.41) is 3.89. The van der Waals surface area contributed by atoms with Crippen molar-refractivity contribution in [3.63, 3.8) is 0 Å². The largest absolute Gasteiger partial charge is 0.444 e. The quantitative estimate of drug-likeness (QED) is 0.512. The molecule has 13 heteroatoms. The molecule has 214 valence electrons. The molecule has 2 aliphatic rings. The normalized spacial score (nSPS) is 18.1. The van der Waals surface area contributed by atoms with Crippen molar-refractivity contribution < 1.29 is 32.3 Å². The zero-order valence-electron chi connectivity index (χ0n) is 22.7. The topological polar surface area (TPSA) is 101 Å². The molecule has 2 fully saturated rings. The molecule has 40 heavy (non-hydrogen) atoms. The smallest absolute Gasteiger partial charge is 0.410 e. The van der Waals surface area contributed by atoms with Crippen molar-refractivity contribution in [3.8, 4) is 5.82 Å². The van der Waals surface area contributed by atoms with Gasteiger partial charge < -0.3 is 19.4 Å². The molecule has 0 radical (unpaired) electrons. The fourth-order valence-electron chi connectivity index (χ4n) is 5.25. The Hall–Kier alpha value is -4.08. The maximum Gasteiger partial charge on any atom is 0.410 e. The number of halogens is 3. The summed E-state index contributed by atoms with van der Waals surface area (Å²) in [5.41, 5.74) is -1.29. The number of carbonyl (C=O) groups is 1. The number of nitrogens with zero attached hydrogens (tertiary/aromatic N) is 6. The van der Waals surface area contributed by atoms with E-state index in [0.29, 0.717) is 11.4 Å². The summed E-state index contributed by atoms with van der Waals surface area (Å²) in [6.45, 7) is 6.32. The van der Waals surface area contributed by atoms with Crippen LogP contribution in [0.2, 0.25) is 0 Å². The molecule has 4 heterocycles. The summed E-state index contributed by atoms with van der Waals surface area (Å²) in [6.07, 6.45) is 0.629. The third-order valence-electron chi connectivity index (χ3n) is 7.17. The van der Waals surface area contributed by atoms with Gasteiger partial charge in [0.05, 0.1) is 37.1 Å². The zero-order chi connectivity index (χ0) is 29.2. The number of ether oxygens (including phenoxy) is 1. The van der Waals surface area contributed by atoms with Crippen molar-refractivity contribution in [2.24, 2.45) is 0 Å². The van der Waals surface area contributed by atoms with Gasteiger partial charge >= 0.3 is 6.09 Å². The first-order chi connectivity index (χ1) is 18.9. The lowest BCUT2D eigenvalue weighted by molar-refractivity contribution is -0.0249. The van der Waals surface area contributed by atoms with Crippen LogP contribution in [-0.4, -0.2) is 91.2 Å². The van der Waals surface area contributed by atoms with E-state index in [2.05, 4.69) is 10.1 Å². The number of likely N-dealkylation sites (tertiary alicyclic amines) is 1. The standard InChI is InChI=1S/C27H31F3N6O4/c1-18(19-5-6-24(31-11-19)36-13-20(28)12-32-36)34-14-21(16-37)35(15-23(29)30)27(22(34)17-38)7-9-33(10-8-27)25(39)40-26(2,3)4/h5-6,11-13,18,23H,7-10,14-15H2,1-4H3. The molecule has 4 rings (SSSR count). The Bertz CT molecular complexity index is 1330. The number of pyridine rings is 1. The Morgan fingerprint density at radius 1 is 1.15 bits per heavy atom. The van der Waals surface area contributed by atoms with Gasteiger partial charge in [-0.1, -0.05) is 6.07 Å². The summed E-state index contributed by atoms with van der Waals surface area (Å²) in [7, 11) is 0. The predicted molar refractivity (Wildman–Crippen MR) is 137 cm³/mol. The van der Waals surface area contributed by atoms with Crippen LogP contribution in [0.4, 0.5) is 18.0 Å². The van der Waals surface area contributed by atoms with E-state index < -0.39 is 42.1 Å². The van der Waals surface area contributed by atoms with Crippen LogP contribution in [0, 0.1) is 5.82 Å². The molecule has 0 bridgehead atoms. The van der Waals surface area contributed by atoms with Gasteiger partial charge in [-0.2, -0.15) is 5.10 Å². The first-order valence-electron chi connectivity index (χ1n) is 12.8. The van der Waals surface area contributed by atoms with Gasteiger partial charge in [-0.3, -0.25) is 0 Å². The highest BCUT2D eigenvalue weighted by Gasteiger charge is 2.52. The second-order valence-electron chi connectivity index (χ2n) is 10.9. The summed E-state index contributed by atoms with van der Waals surface area (Å²) in [5.74, 6) is 3.66. The van der Waals surface area contributed by atoms with Crippen LogP contribution in [0.15, 0.2) is 42.1 Å². The van der Waals surface area contributed by atoms with Gasteiger partial charge in [0.15, 0.2) is 11.6 Å². The SMILES string of the molecule is CC(c1ccc(-n2cc(F)cn2)nc1)N1CC(=C=O)N(CC(F)F)C2(CCN(C(=O)OC(C)(C)C)CC2)C1=C=O. The average Bonchev–Trinajstić information content (AvgIpc) is 3.34. The maximum atomic E-state index is 13.8. The van der Waals surface area contributed by atoms with Crippen LogP contribution in [-0.2, 0) is 14.3 Å². The number of hydrogen-bond acceptors (Lipinski definition) is 8. The van der Waals surface area contributed by atoms with Crippen molar-refractivity contribution in [2.75, 3.05) is 26.2 Å². The molecule has 2 aliphatic heterocycles. The van der Waals surface area contributed by atoms with E-state index in [1.54, 1.807) is 44.7 Å². The number of rotatable bonds is 5. The fraction of sp³-hybridized carbons (Fsp3) is 0.519. The molecule has 1 unspecified atom stereocenters. The van der Waals surface area contributed by atoms with Crippen LogP contribution in [0.3, 0.4) is 0 Å². The van der Waals surface area contributed by atoms with Crippen LogP contribution in [0.1, 0.15) is 52.1 Å². The average molecular weight is 561 g/mol. The molecular formula is C27H31F3N6O4. The van der Waals surface area contributed by atoms with Crippen molar-refractivity contribution in [2.45, 2.75) is 64.1 Å². The van der Waals surface area contributed by atoms with Crippen LogP contribution in [0.25, 0.3) is 5.82 Å². The molecule has 0 aliphatic carbocycles. The summed E-state index contributed by atoms with van der Waals surface area (Å²) in [4.78, 5) is 46.0. The van der Waals surface area contributed by atoms with E-state index in [1.165, 1.54) is 26.9 Å². The Morgan fingerprint density at radius 3 is 2.35 bits per heavy atom. The van der Waals surface area contributed by atoms with Crippen molar-refractivity contribution in [3.05, 3.63) is 53.5 Å². The first-order valence-corrected chi connectivity index (χ1v) is 12.8. The Labute approximate surface area is 229 Å². The Kier molecular flexibility index (Phi) is 8.09.